The Morgan fingerprint density at radius 2 is 0.648 bits per heavy atom. The van der Waals surface area contributed by atoms with Crippen molar-refractivity contribution in [1.82, 2.24) is 9.13 Å². The van der Waals surface area contributed by atoms with E-state index in [1.807, 2.05) is 0 Å². The lowest BCUT2D eigenvalue weighted by Crippen LogP contribution is -1.97. The molecule has 2 nitrogen and oxygen atoms in total. The molecule has 0 unspecified atom stereocenters. The zero-order valence-electron chi connectivity index (χ0n) is 29.4. The molecule has 250 valence electrons. The molecule has 0 saturated heterocycles. The van der Waals surface area contributed by atoms with Crippen molar-refractivity contribution in [3.8, 4) is 22.5 Å². The summed E-state index contributed by atoms with van der Waals surface area (Å²) in [5.74, 6) is 0. The summed E-state index contributed by atoms with van der Waals surface area (Å²) in [6.07, 6.45) is 0. The normalized spacial score (nSPS) is 12.1. The average Bonchev–Trinajstić information content (AvgIpc) is 3.74. The van der Waals surface area contributed by atoms with E-state index in [1.54, 1.807) is 0 Å². The highest BCUT2D eigenvalue weighted by Crippen LogP contribution is 2.42. The van der Waals surface area contributed by atoms with Crippen molar-refractivity contribution in [3.63, 3.8) is 0 Å². The highest BCUT2D eigenvalue weighted by Gasteiger charge is 2.19. The maximum absolute atomic E-state index is 2.49. The molecule has 0 spiro atoms. The highest BCUT2D eigenvalue weighted by molar-refractivity contribution is 6.17. The molecule has 0 radical (unpaired) electrons. The minimum Gasteiger partial charge on any atom is -0.309 e. The molecule has 2 aromatic heterocycles. The molecule has 10 aromatic carbocycles. The van der Waals surface area contributed by atoms with Crippen molar-refractivity contribution in [2.24, 2.45) is 0 Å². The van der Waals surface area contributed by atoms with Gasteiger partial charge < -0.3 is 9.13 Å². The largest absolute Gasteiger partial charge is 0.309 e. The van der Waals surface area contributed by atoms with E-state index in [0.29, 0.717) is 0 Å². The maximum Gasteiger partial charge on any atom is 0.0618 e. The van der Waals surface area contributed by atoms with Gasteiger partial charge in [0.1, 0.15) is 0 Å². The van der Waals surface area contributed by atoms with Crippen LogP contribution < -0.4 is 0 Å². The number of fused-ring (bicyclic) bond motifs is 11. The number of aromatic nitrogens is 2. The third-order valence-corrected chi connectivity index (χ3v) is 11.6. The summed E-state index contributed by atoms with van der Waals surface area (Å²) in [6, 6.07) is 71.6. The average molecular weight is 685 g/mol. The number of para-hydroxylation sites is 2. The molecular weight excluding hydrogens is 653 g/mol. The third-order valence-electron chi connectivity index (χ3n) is 11.6. The van der Waals surface area contributed by atoms with Crippen LogP contribution >= 0.6 is 0 Å². The summed E-state index contributed by atoms with van der Waals surface area (Å²) < 4.78 is 4.96. The van der Waals surface area contributed by atoms with Crippen molar-refractivity contribution in [2.75, 3.05) is 0 Å². The molecule has 54 heavy (non-hydrogen) atoms. The quantitative estimate of drug-likeness (QED) is 0.129. The van der Waals surface area contributed by atoms with Crippen molar-refractivity contribution >= 4 is 86.7 Å². The fourth-order valence-electron chi connectivity index (χ4n) is 9.26. The summed E-state index contributed by atoms with van der Waals surface area (Å²) in [7, 11) is 0. The van der Waals surface area contributed by atoms with Gasteiger partial charge in [0.15, 0.2) is 0 Å². The van der Waals surface area contributed by atoms with E-state index in [2.05, 4.69) is 203 Å². The molecule has 0 aliphatic rings. The molecule has 2 heterocycles. The first-order valence-corrected chi connectivity index (χ1v) is 18.7. The summed E-state index contributed by atoms with van der Waals surface area (Å²) >= 11 is 0. The molecule has 12 aromatic rings. The zero-order valence-corrected chi connectivity index (χ0v) is 29.4. The van der Waals surface area contributed by atoms with Crippen molar-refractivity contribution < 1.29 is 0 Å². The molecule has 0 fully saturated rings. The van der Waals surface area contributed by atoms with E-state index in [-0.39, 0.29) is 0 Å². The van der Waals surface area contributed by atoms with Gasteiger partial charge in [-0.05, 0) is 86.6 Å². The van der Waals surface area contributed by atoms with Crippen LogP contribution in [0, 0.1) is 0 Å². The molecule has 12 rings (SSSR count). The van der Waals surface area contributed by atoms with E-state index in [4.69, 9.17) is 0 Å². The lowest BCUT2D eigenvalue weighted by molar-refractivity contribution is 1.20. The number of rotatable bonds is 3. The summed E-state index contributed by atoms with van der Waals surface area (Å²) in [6.45, 7) is 0. The van der Waals surface area contributed by atoms with Crippen LogP contribution in [0.2, 0.25) is 0 Å². The predicted octanol–water partition coefficient (Wildman–Crippen LogP) is 14.2. The van der Waals surface area contributed by atoms with E-state index in [1.165, 1.54) is 109 Å². The van der Waals surface area contributed by atoms with Crippen LogP contribution in [0.3, 0.4) is 0 Å². The van der Waals surface area contributed by atoms with Crippen LogP contribution in [0.15, 0.2) is 194 Å². The summed E-state index contributed by atoms with van der Waals surface area (Å²) in [4.78, 5) is 0. The van der Waals surface area contributed by atoms with E-state index in [0.717, 1.165) is 0 Å². The van der Waals surface area contributed by atoms with Gasteiger partial charge in [-0.1, -0.05) is 146 Å². The molecule has 0 N–H and O–H groups in total. The molecular formula is C52H32N2. The van der Waals surface area contributed by atoms with Gasteiger partial charge in [-0.2, -0.15) is 0 Å². The number of hydrogen-bond donors (Lipinski definition) is 0. The minimum absolute atomic E-state index is 1.21. The lowest BCUT2D eigenvalue weighted by Gasteiger charge is -2.15. The van der Waals surface area contributed by atoms with Gasteiger partial charge in [-0.25, -0.2) is 0 Å². The van der Waals surface area contributed by atoms with Gasteiger partial charge in [-0.15, -0.1) is 0 Å². The SMILES string of the molecule is c1ccc2c(-n3c4ccccc4c4cc(-c5ccc6c(c5)c5ccccc5n6-c5cc6ccccc6c6ccccc56)ccc43)c3ccccc3cc2c1. The minimum atomic E-state index is 1.21. The second kappa shape index (κ2) is 11.2. The molecule has 0 bridgehead atoms. The Balaban J connectivity index is 1.10. The molecule has 2 heteroatoms. The van der Waals surface area contributed by atoms with Gasteiger partial charge in [0.25, 0.3) is 0 Å². The topological polar surface area (TPSA) is 9.86 Å². The molecule has 0 atom stereocenters. The van der Waals surface area contributed by atoms with Crippen LogP contribution in [0.5, 0.6) is 0 Å². The second-order valence-corrected chi connectivity index (χ2v) is 14.5. The second-order valence-electron chi connectivity index (χ2n) is 14.5. The highest BCUT2D eigenvalue weighted by atomic mass is 15.0. The van der Waals surface area contributed by atoms with Crippen LogP contribution in [0.25, 0.3) is 109 Å². The maximum atomic E-state index is 2.49. The Hall–Kier alpha value is -7.16. The Kier molecular flexibility index (Phi) is 6.09. The van der Waals surface area contributed by atoms with E-state index < -0.39 is 0 Å². The first kappa shape index (κ1) is 29.4. The van der Waals surface area contributed by atoms with Gasteiger partial charge in [-0.3, -0.25) is 0 Å². The van der Waals surface area contributed by atoms with Crippen molar-refractivity contribution in [3.05, 3.63) is 194 Å². The first-order valence-electron chi connectivity index (χ1n) is 18.7. The molecule has 0 aliphatic heterocycles. The number of benzene rings is 10. The summed E-state index contributed by atoms with van der Waals surface area (Å²) in [5, 5.41) is 15.1. The zero-order chi connectivity index (χ0) is 35.3. The fraction of sp³-hybridized carbons (Fsp3) is 0. The van der Waals surface area contributed by atoms with Crippen LogP contribution in [0.4, 0.5) is 0 Å². The molecule has 0 aliphatic carbocycles. The smallest absolute Gasteiger partial charge is 0.0618 e. The van der Waals surface area contributed by atoms with Gasteiger partial charge in [0.2, 0.25) is 0 Å². The first-order chi connectivity index (χ1) is 26.8. The van der Waals surface area contributed by atoms with Crippen LogP contribution in [-0.4, -0.2) is 9.13 Å². The van der Waals surface area contributed by atoms with Gasteiger partial charge in [0, 0.05) is 37.7 Å². The van der Waals surface area contributed by atoms with Crippen LogP contribution in [0.1, 0.15) is 0 Å². The van der Waals surface area contributed by atoms with E-state index in [9.17, 15) is 0 Å². The van der Waals surface area contributed by atoms with E-state index >= 15 is 0 Å². The van der Waals surface area contributed by atoms with Crippen molar-refractivity contribution in [2.45, 2.75) is 0 Å². The predicted molar refractivity (Wildman–Crippen MR) is 231 cm³/mol. The Morgan fingerprint density at radius 1 is 0.241 bits per heavy atom. The standard InChI is InChI=1S/C52H32N2/c1-4-16-38-37(15-1)32-51(42-20-8-7-19-41(38)42)53-47-23-11-9-21-43(47)45-30-33(25-27-49(45)53)34-26-28-50-46(31-34)44-22-10-12-24-48(44)54(50)52-39-17-5-2-13-35(39)29-36-14-3-6-18-40(36)52/h1-32H. The lowest BCUT2D eigenvalue weighted by atomic mass is 9.99. The van der Waals surface area contributed by atoms with Crippen LogP contribution in [-0.2, 0) is 0 Å². The monoisotopic (exact) mass is 684 g/mol. The third kappa shape index (κ3) is 4.11. The van der Waals surface area contributed by atoms with Crippen molar-refractivity contribution in [1.29, 1.82) is 0 Å². The molecule has 0 amide bonds. The Bertz CT molecular complexity index is 3450. The van der Waals surface area contributed by atoms with Gasteiger partial charge in [0.05, 0.1) is 33.4 Å². The summed E-state index contributed by atoms with van der Waals surface area (Å²) in [5.41, 5.74) is 9.71. The molecule has 0 saturated carbocycles. The fourth-order valence-corrected chi connectivity index (χ4v) is 9.26. The number of hydrogen-bond acceptors (Lipinski definition) is 0. The number of nitrogens with zero attached hydrogens (tertiary/aromatic N) is 2. The Labute approximate surface area is 311 Å². The van der Waals surface area contributed by atoms with Gasteiger partial charge >= 0.3 is 0 Å². The Morgan fingerprint density at radius 3 is 1.24 bits per heavy atom.